The van der Waals surface area contributed by atoms with Gasteiger partial charge in [0.1, 0.15) is 0 Å². The normalized spacial score (nSPS) is 27.8. The summed E-state index contributed by atoms with van der Waals surface area (Å²) in [5.74, 6) is 1.73. The molecule has 3 heteroatoms. The van der Waals surface area contributed by atoms with Crippen molar-refractivity contribution >= 4 is 5.52 Å². The third-order valence-corrected chi connectivity index (χ3v) is 4.69. The molecule has 2 aromatic heterocycles. The van der Waals surface area contributed by atoms with E-state index in [0.29, 0.717) is 6.04 Å². The molecule has 0 aliphatic heterocycles. The Morgan fingerprint density at radius 2 is 2.16 bits per heavy atom. The van der Waals surface area contributed by atoms with Crippen LogP contribution in [-0.2, 0) is 6.54 Å². The summed E-state index contributed by atoms with van der Waals surface area (Å²) < 4.78 is 1.95. The SMILES string of the molecule is CC1CCC(NCc2cnn3ccccc23)CC1C. The lowest BCUT2D eigenvalue weighted by Gasteiger charge is -2.32. The van der Waals surface area contributed by atoms with Crippen molar-refractivity contribution in [1.82, 2.24) is 14.9 Å². The van der Waals surface area contributed by atoms with Gasteiger partial charge in [-0.1, -0.05) is 19.9 Å². The van der Waals surface area contributed by atoms with Crippen molar-refractivity contribution in [1.29, 1.82) is 0 Å². The molecule has 0 aromatic carbocycles. The van der Waals surface area contributed by atoms with E-state index in [1.54, 1.807) is 0 Å². The summed E-state index contributed by atoms with van der Waals surface area (Å²) in [4.78, 5) is 0. The summed E-state index contributed by atoms with van der Waals surface area (Å²) in [6, 6.07) is 6.90. The van der Waals surface area contributed by atoms with Crippen LogP contribution in [0.15, 0.2) is 30.6 Å². The van der Waals surface area contributed by atoms with E-state index in [0.717, 1.165) is 18.4 Å². The Labute approximate surface area is 115 Å². The molecule has 0 spiro atoms. The fourth-order valence-corrected chi connectivity index (χ4v) is 3.11. The zero-order chi connectivity index (χ0) is 13.2. The summed E-state index contributed by atoms with van der Waals surface area (Å²) in [6.07, 6.45) is 7.96. The smallest absolute Gasteiger partial charge is 0.0706 e. The van der Waals surface area contributed by atoms with E-state index >= 15 is 0 Å². The number of nitrogens with zero attached hydrogens (tertiary/aromatic N) is 2. The Kier molecular flexibility index (Phi) is 3.56. The largest absolute Gasteiger partial charge is 0.310 e. The van der Waals surface area contributed by atoms with E-state index in [1.165, 1.54) is 30.3 Å². The molecular weight excluding hydrogens is 234 g/mol. The predicted molar refractivity (Wildman–Crippen MR) is 78.0 cm³/mol. The quantitative estimate of drug-likeness (QED) is 0.914. The second-order valence-corrected chi connectivity index (χ2v) is 6.05. The van der Waals surface area contributed by atoms with E-state index in [1.807, 2.05) is 23.0 Å². The first kappa shape index (κ1) is 12.7. The van der Waals surface area contributed by atoms with Gasteiger partial charge in [-0.3, -0.25) is 0 Å². The highest BCUT2D eigenvalue weighted by Crippen LogP contribution is 2.29. The van der Waals surface area contributed by atoms with Crippen molar-refractivity contribution in [3.63, 3.8) is 0 Å². The lowest BCUT2D eigenvalue weighted by molar-refractivity contribution is 0.225. The van der Waals surface area contributed by atoms with Gasteiger partial charge in [0.15, 0.2) is 0 Å². The van der Waals surface area contributed by atoms with E-state index < -0.39 is 0 Å². The number of pyridine rings is 1. The van der Waals surface area contributed by atoms with Gasteiger partial charge in [0.05, 0.1) is 11.7 Å². The van der Waals surface area contributed by atoms with Crippen molar-refractivity contribution in [2.24, 2.45) is 11.8 Å². The molecule has 1 fully saturated rings. The van der Waals surface area contributed by atoms with Gasteiger partial charge in [0.2, 0.25) is 0 Å². The van der Waals surface area contributed by atoms with Crippen molar-refractivity contribution < 1.29 is 0 Å². The lowest BCUT2D eigenvalue weighted by atomic mass is 9.79. The number of hydrogen-bond acceptors (Lipinski definition) is 2. The molecule has 3 rings (SSSR count). The van der Waals surface area contributed by atoms with Gasteiger partial charge in [-0.2, -0.15) is 5.10 Å². The third-order valence-electron chi connectivity index (χ3n) is 4.69. The first-order chi connectivity index (χ1) is 9.24. The number of hydrogen-bond donors (Lipinski definition) is 1. The van der Waals surface area contributed by atoms with Gasteiger partial charge in [-0.15, -0.1) is 0 Å². The van der Waals surface area contributed by atoms with Gasteiger partial charge in [0.25, 0.3) is 0 Å². The average Bonchev–Trinajstić information content (AvgIpc) is 2.83. The average molecular weight is 257 g/mol. The maximum absolute atomic E-state index is 4.39. The summed E-state index contributed by atoms with van der Waals surface area (Å²) in [6.45, 7) is 5.69. The molecule has 19 heavy (non-hydrogen) atoms. The van der Waals surface area contributed by atoms with Crippen LogP contribution in [0.1, 0.15) is 38.7 Å². The maximum atomic E-state index is 4.39. The maximum Gasteiger partial charge on any atom is 0.0706 e. The fraction of sp³-hybridized carbons (Fsp3) is 0.562. The molecule has 0 saturated heterocycles. The molecule has 1 saturated carbocycles. The molecule has 0 amide bonds. The lowest BCUT2D eigenvalue weighted by Crippen LogP contribution is -2.35. The topological polar surface area (TPSA) is 29.3 Å². The predicted octanol–water partition coefficient (Wildman–Crippen LogP) is 3.25. The summed E-state index contributed by atoms with van der Waals surface area (Å²) in [5, 5.41) is 8.10. The van der Waals surface area contributed by atoms with Crippen LogP contribution in [0.2, 0.25) is 0 Å². The number of fused-ring (bicyclic) bond motifs is 1. The minimum absolute atomic E-state index is 0.671. The highest BCUT2D eigenvalue weighted by atomic mass is 15.2. The second kappa shape index (κ2) is 5.33. The third kappa shape index (κ3) is 2.66. The Balaban J connectivity index is 1.63. The molecule has 1 aliphatic rings. The first-order valence-electron chi connectivity index (χ1n) is 7.38. The molecule has 2 heterocycles. The van der Waals surface area contributed by atoms with Gasteiger partial charge >= 0.3 is 0 Å². The van der Waals surface area contributed by atoms with E-state index in [2.05, 4.69) is 36.4 Å². The van der Waals surface area contributed by atoms with Crippen LogP contribution >= 0.6 is 0 Å². The Morgan fingerprint density at radius 1 is 1.26 bits per heavy atom. The van der Waals surface area contributed by atoms with Crippen LogP contribution in [0.25, 0.3) is 5.52 Å². The van der Waals surface area contributed by atoms with Crippen LogP contribution in [0.4, 0.5) is 0 Å². The minimum Gasteiger partial charge on any atom is -0.310 e. The van der Waals surface area contributed by atoms with Crippen LogP contribution in [-0.4, -0.2) is 15.7 Å². The monoisotopic (exact) mass is 257 g/mol. The van der Waals surface area contributed by atoms with Crippen LogP contribution in [0.3, 0.4) is 0 Å². The molecule has 1 aliphatic carbocycles. The molecule has 0 bridgehead atoms. The molecular formula is C16H23N3. The summed E-state index contributed by atoms with van der Waals surface area (Å²) in [5.41, 5.74) is 2.51. The van der Waals surface area contributed by atoms with E-state index in [9.17, 15) is 0 Å². The molecule has 3 nitrogen and oxygen atoms in total. The Hall–Kier alpha value is -1.35. The highest BCUT2D eigenvalue weighted by Gasteiger charge is 2.24. The van der Waals surface area contributed by atoms with Crippen molar-refractivity contribution in [2.45, 2.75) is 45.7 Å². The zero-order valence-electron chi connectivity index (χ0n) is 11.8. The second-order valence-electron chi connectivity index (χ2n) is 6.05. The van der Waals surface area contributed by atoms with Gasteiger partial charge < -0.3 is 5.32 Å². The van der Waals surface area contributed by atoms with Crippen molar-refractivity contribution in [2.75, 3.05) is 0 Å². The van der Waals surface area contributed by atoms with Crippen molar-refractivity contribution in [3.8, 4) is 0 Å². The Morgan fingerprint density at radius 3 is 3.00 bits per heavy atom. The molecule has 3 unspecified atom stereocenters. The molecule has 102 valence electrons. The van der Waals surface area contributed by atoms with Crippen LogP contribution < -0.4 is 5.32 Å². The van der Waals surface area contributed by atoms with E-state index in [4.69, 9.17) is 0 Å². The number of rotatable bonds is 3. The first-order valence-corrected chi connectivity index (χ1v) is 7.38. The summed E-state index contributed by atoms with van der Waals surface area (Å²) in [7, 11) is 0. The van der Waals surface area contributed by atoms with Crippen LogP contribution in [0.5, 0.6) is 0 Å². The fourth-order valence-electron chi connectivity index (χ4n) is 3.11. The van der Waals surface area contributed by atoms with Gasteiger partial charge in [0, 0.05) is 24.3 Å². The minimum atomic E-state index is 0.671. The van der Waals surface area contributed by atoms with Gasteiger partial charge in [-0.25, -0.2) is 4.52 Å². The van der Waals surface area contributed by atoms with Gasteiger partial charge in [-0.05, 0) is 43.2 Å². The summed E-state index contributed by atoms with van der Waals surface area (Å²) >= 11 is 0. The molecule has 1 N–H and O–H groups in total. The molecule has 3 atom stereocenters. The molecule has 2 aromatic rings. The highest BCUT2D eigenvalue weighted by molar-refractivity contribution is 5.53. The number of nitrogens with one attached hydrogen (secondary N) is 1. The van der Waals surface area contributed by atoms with E-state index in [-0.39, 0.29) is 0 Å². The molecule has 0 radical (unpaired) electrons. The van der Waals surface area contributed by atoms with Crippen LogP contribution in [0, 0.1) is 11.8 Å². The standard InChI is InChI=1S/C16H23N3/c1-12-6-7-15(9-13(12)2)17-10-14-11-18-19-8-4-3-5-16(14)19/h3-5,8,11-13,15,17H,6-7,9-10H2,1-2H3. The number of aromatic nitrogens is 2. The van der Waals surface area contributed by atoms with Crippen molar-refractivity contribution in [3.05, 3.63) is 36.2 Å². The zero-order valence-corrected chi connectivity index (χ0v) is 11.8. The Bertz CT molecular complexity index is 546.